The molecular formula is C10H6ClNO2. The van der Waals surface area contributed by atoms with Crippen molar-refractivity contribution >= 4 is 27.7 Å². The van der Waals surface area contributed by atoms with Crippen LogP contribution in [0.1, 0.15) is 10.4 Å². The normalized spacial score (nSPS) is 10.4. The van der Waals surface area contributed by atoms with E-state index in [4.69, 9.17) is 11.6 Å². The fraction of sp³-hybridized carbons (Fsp3) is 0. The van der Waals surface area contributed by atoms with E-state index in [0.717, 1.165) is 0 Å². The van der Waals surface area contributed by atoms with Crippen molar-refractivity contribution < 1.29 is 9.90 Å². The average Bonchev–Trinajstić information content (AvgIpc) is 2.17. The van der Waals surface area contributed by atoms with Crippen LogP contribution in [0.5, 0.6) is 5.75 Å². The van der Waals surface area contributed by atoms with E-state index in [-0.39, 0.29) is 11.3 Å². The molecule has 1 N–H and O–H groups in total. The molecule has 2 rings (SSSR count). The van der Waals surface area contributed by atoms with Crippen molar-refractivity contribution in [2.75, 3.05) is 0 Å². The second-order valence-electron chi connectivity index (χ2n) is 2.84. The van der Waals surface area contributed by atoms with Crippen molar-refractivity contribution in [3.8, 4) is 5.75 Å². The molecule has 1 aromatic heterocycles. The summed E-state index contributed by atoms with van der Waals surface area (Å²) in [5.74, 6) is 0.0135. The van der Waals surface area contributed by atoms with Crippen LogP contribution in [0, 0.1) is 0 Å². The minimum absolute atomic E-state index is 0.0135. The van der Waals surface area contributed by atoms with Gasteiger partial charge in [-0.25, -0.2) is 0 Å². The summed E-state index contributed by atoms with van der Waals surface area (Å²) in [6.45, 7) is 0. The van der Waals surface area contributed by atoms with Crippen LogP contribution in [0.4, 0.5) is 0 Å². The fourth-order valence-electron chi connectivity index (χ4n) is 1.28. The third-order valence-corrected chi connectivity index (χ3v) is 2.14. The second kappa shape index (κ2) is 3.27. The number of phenolic OH excluding ortho intramolecular Hbond substituents is 1. The molecule has 70 valence electrons. The topological polar surface area (TPSA) is 50.2 Å². The van der Waals surface area contributed by atoms with E-state index in [9.17, 15) is 9.90 Å². The Bertz CT molecular complexity index is 510. The first kappa shape index (κ1) is 8.97. The van der Waals surface area contributed by atoms with E-state index in [1.165, 1.54) is 6.07 Å². The van der Waals surface area contributed by atoms with E-state index in [1.54, 1.807) is 24.4 Å². The zero-order chi connectivity index (χ0) is 10.1. The van der Waals surface area contributed by atoms with Crippen molar-refractivity contribution in [1.82, 2.24) is 4.98 Å². The van der Waals surface area contributed by atoms with E-state index in [1.807, 2.05) is 0 Å². The molecule has 0 saturated carbocycles. The number of carbonyl (C=O) groups excluding carboxylic acids is 1. The third kappa shape index (κ3) is 1.42. The van der Waals surface area contributed by atoms with Gasteiger partial charge in [-0.2, -0.15) is 0 Å². The lowest BCUT2D eigenvalue weighted by atomic mass is 10.1. The molecule has 0 aliphatic heterocycles. The Morgan fingerprint density at radius 1 is 1.43 bits per heavy atom. The largest absolute Gasteiger partial charge is 0.507 e. The SMILES string of the molecule is O=C(Cl)c1cc(O)c2cccnc2c1. The number of hydrogen-bond donors (Lipinski definition) is 1. The van der Waals surface area contributed by atoms with Gasteiger partial charge in [-0.05, 0) is 35.9 Å². The van der Waals surface area contributed by atoms with Crippen molar-refractivity contribution in [3.63, 3.8) is 0 Å². The summed E-state index contributed by atoms with van der Waals surface area (Å²) in [5, 5.41) is 9.55. The van der Waals surface area contributed by atoms with Gasteiger partial charge in [0.25, 0.3) is 5.24 Å². The molecule has 4 heteroatoms. The average molecular weight is 208 g/mol. The van der Waals surface area contributed by atoms with Crippen molar-refractivity contribution in [1.29, 1.82) is 0 Å². The highest BCUT2D eigenvalue weighted by molar-refractivity contribution is 6.67. The Morgan fingerprint density at radius 2 is 2.21 bits per heavy atom. The number of phenols is 1. The summed E-state index contributed by atoms with van der Waals surface area (Å²) < 4.78 is 0. The summed E-state index contributed by atoms with van der Waals surface area (Å²) in [6.07, 6.45) is 1.59. The lowest BCUT2D eigenvalue weighted by Gasteiger charge is -2.01. The summed E-state index contributed by atoms with van der Waals surface area (Å²) >= 11 is 5.30. The number of pyridine rings is 1. The first-order valence-corrected chi connectivity index (χ1v) is 4.34. The number of rotatable bonds is 1. The highest BCUT2D eigenvalue weighted by atomic mass is 35.5. The number of hydrogen-bond acceptors (Lipinski definition) is 3. The third-order valence-electron chi connectivity index (χ3n) is 1.93. The summed E-state index contributed by atoms with van der Waals surface area (Å²) in [5.41, 5.74) is 0.798. The maximum Gasteiger partial charge on any atom is 0.252 e. The van der Waals surface area contributed by atoms with Crippen molar-refractivity contribution in [2.24, 2.45) is 0 Å². The van der Waals surface area contributed by atoms with E-state index < -0.39 is 5.24 Å². The highest BCUT2D eigenvalue weighted by Crippen LogP contribution is 2.25. The Kier molecular flexibility index (Phi) is 2.09. The molecule has 0 unspecified atom stereocenters. The molecule has 1 heterocycles. The number of benzene rings is 1. The molecule has 0 bridgehead atoms. The highest BCUT2D eigenvalue weighted by Gasteiger charge is 2.07. The Labute approximate surface area is 85.0 Å². The van der Waals surface area contributed by atoms with Gasteiger partial charge in [0.15, 0.2) is 0 Å². The van der Waals surface area contributed by atoms with Gasteiger partial charge in [-0.15, -0.1) is 0 Å². The number of aromatic hydroxyl groups is 1. The lowest BCUT2D eigenvalue weighted by Crippen LogP contribution is -1.89. The smallest absolute Gasteiger partial charge is 0.252 e. The number of fused-ring (bicyclic) bond motifs is 1. The molecule has 3 nitrogen and oxygen atoms in total. The predicted molar refractivity (Wildman–Crippen MR) is 53.6 cm³/mol. The molecule has 0 saturated heterocycles. The van der Waals surface area contributed by atoms with Gasteiger partial charge in [-0.3, -0.25) is 9.78 Å². The summed E-state index contributed by atoms with van der Waals surface area (Å²) in [7, 11) is 0. The molecule has 1 aromatic carbocycles. The summed E-state index contributed by atoms with van der Waals surface area (Å²) in [6, 6.07) is 6.31. The first-order valence-electron chi connectivity index (χ1n) is 3.96. The number of aromatic nitrogens is 1. The van der Waals surface area contributed by atoms with Gasteiger partial charge in [0.05, 0.1) is 5.52 Å². The summed E-state index contributed by atoms with van der Waals surface area (Å²) in [4.78, 5) is 14.9. The monoisotopic (exact) mass is 207 g/mol. The molecule has 0 amide bonds. The van der Waals surface area contributed by atoms with E-state index >= 15 is 0 Å². The fourth-order valence-corrected chi connectivity index (χ4v) is 1.39. The van der Waals surface area contributed by atoms with Crippen LogP contribution >= 0.6 is 11.6 Å². The van der Waals surface area contributed by atoms with Crippen LogP contribution in [0.3, 0.4) is 0 Å². The molecule has 2 aromatic rings. The number of carbonyl (C=O) groups is 1. The van der Waals surface area contributed by atoms with Crippen LogP contribution in [0.2, 0.25) is 0 Å². The predicted octanol–water partition coefficient (Wildman–Crippen LogP) is 2.32. The van der Waals surface area contributed by atoms with Crippen LogP contribution in [0.25, 0.3) is 10.9 Å². The molecule has 0 radical (unpaired) electrons. The lowest BCUT2D eigenvalue weighted by molar-refractivity contribution is 0.108. The van der Waals surface area contributed by atoms with E-state index in [2.05, 4.69) is 4.98 Å². The minimum atomic E-state index is -0.604. The van der Waals surface area contributed by atoms with Gasteiger partial charge >= 0.3 is 0 Å². The minimum Gasteiger partial charge on any atom is -0.507 e. The molecule has 0 atom stereocenters. The van der Waals surface area contributed by atoms with E-state index in [0.29, 0.717) is 10.9 Å². The Hall–Kier alpha value is -1.61. The van der Waals surface area contributed by atoms with Gasteiger partial charge in [-0.1, -0.05) is 0 Å². The van der Waals surface area contributed by atoms with Crippen molar-refractivity contribution in [2.45, 2.75) is 0 Å². The zero-order valence-corrected chi connectivity index (χ0v) is 7.82. The maximum absolute atomic E-state index is 10.9. The molecule has 0 aliphatic carbocycles. The molecular weight excluding hydrogens is 202 g/mol. The van der Waals surface area contributed by atoms with Gasteiger partial charge in [0, 0.05) is 17.1 Å². The van der Waals surface area contributed by atoms with Crippen LogP contribution in [0.15, 0.2) is 30.5 Å². The quantitative estimate of drug-likeness (QED) is 0.731. The van der Waals surface area contributed by atoms with Crippen LogP contribution < -0.4 is 0 Å². The Morgan fingerprint density at radius 3 is 2.93 bits per heavy atom. The second-order valence-corrected chi connectivity index (χ2v) is 3.18. The van der Waals surface area contributed by atoms with Gasteiger partial charge < -0.3 is 5.11 Å². The molecule has 0 fully saturated rings. The van der Waals surface area contributed by atoms with Crippen LogP contribution in [-0.2, 0) is 0 Å². The maximum atomic E-state index is 10.9. The number of halogens is 1. The zero-order valence-electron chi connectivity index (χ0n) is 7.07. The Balaban J connectivity index is 2.78. The van der Waals surface area contributed by atoms with Gasteiger partial charge in [0.2, 0.25) is 0 Å². The van der Waals surface area contributed by atoms with Crippen LogP contribution in [-0.4, -0.2) is 15.3 Å². The standard InChI is InChI=1S/C10H6ClNO2/c11-10(14)6-4-8-7(9(13)5-6)2-1-3-12-8/h1-5,13H. The molecule has 14 heavy (non-hydrogen) atoms. The van der Waals surface area contributed by atoms with Gasteiger partial charge in [0.1, 0.15) is 5.75 Å². The first-order chi connectivity index (χ1) is 6.68. The molecule has 0 spiro atoms. The molecule has 0 aliphatic rings. The number of nitrogens with zero attached hydrogens (tertiary/aromatic N) is 1. The van der Waals surface area contributed by atoms with Crippen molar-refractivity contribution in [3.05, 3.63) is 36.0 Å².